The van der Waals surface area contributed by atoms with E-state index in [2.05, 4.69) is 5.32 Å². The average molecular weight is 294 g/mol. The molecule has 21 heavy (non-hydrogen) atoms. The fourth-order valence-corrected chi connectivity index (χ4v) is 1.56. The lowest BCUT2D eigenvalue weighted by Crippen LogP contribution is -2.41. The van der Waals surface area contributed by atoms with Crippen molar-refractivity contribution in [2.24, 2.45) is 0 Å². The summed E-state index contributed by atoms with van der Waals surface area (Å²) < 4.78 is 5.41. The molecule has 2 atom stereocenters. The van der Waals surface area contributed by atoms with Gasteiger partial charge in [0.25, 0.3) is 11.6 Å². The fraction of sp³-hybridized carbons (Fsp3) is 0.429. The molecular weight excluding hydrogens is 276 g/mol. The number of carbonyl (C=O) groups excluding carboxylic acids is 2. The minimum atomic E-state index is -0.806. The SMILES string of the molecule is CCC(C)NC(=O)C(C)Oc1ccc([N+](=O)[O-])cc1C=O. The normalized spacial score (nSPS) is 13.1. The minimum Gasteiger partial charge on any atom is -0.480 e. The molecule has 0 aliphatic heterocycles. The van der Waals surface area contributed by atoms with Crippen molar-refractivity contribution in [3.63, 3.8) is 0 Å². The molecule has 0 fully saturated rings. The molecule has 0 saturated carbocycles. The number of non-ortho nitro benzene ring substituents is 1. The molecule has 0 aliphatic carbocycles. The van der Waals surface area contributed by atoms with Crippen LogP contribution < -0.4 is 10.1 Å². The summed E-state index contributed by atoms with van der Waals surface area (Å²) in [6.45, 7) is 5.36. The molecule has 114 valence electrons. The van der Waals surface area contributed by atoms with Gasteiger partial charge >= 0.3 is 0 Å². The number of benzene rings is 1. The van der Waals surface area contributed by atoms with E-state index in [-0.39, 0.29) is 28.9 Å². The van der Waals surface area contributed by atoms with Crippen molar-refractivity contribution in [2.45, 2.75) is 39.3 Å². The van der Waals surface area contributed by atoms with Gasteiger partial charge in [-0.15, -0.1) is 0 Å². The third-order valence-corrected chi connectivity index (χ3v) is 3.01. The summed E-state index contributed by atoms with van der Waals surface area (Å²) in [5, 5.41) is 13.4. The molecule has 7 nitrogen and oxygen atoms in total. The second kappa shape index (κ2) is 7.37. The van der Waals surface area contributed by atoms with E-state index in [1.54, 1.807) is 6.92 Å². The number of aldehydes is 1. The Morgan fingerprint density at radius 3 is 2.67 bits per heavy atom. The molecule has 0 saturated heterocycles. The number of amides is 1. The zero-order valence-corrected chi connectivity index (χ0v) is 12.2. The van der Waals surface area contributed by atoms with E-state index in [1.807, 2.05) is 13.8 Å². The molecule has 1 N–H and O–H groups in total. The van der Waals surface area contributed by atoms with Crippen LogP contribution in [-0.4, -0.2) is 29.3 Å². The van der Waals surface area contributed by atoms with Gasteiger partial charge in [0, 0.05) is 18.2 Å². The van der Waals surface area contributed by atoms with Crippen molar-refractivity contribution < 1.29 is 19.2 Å². The number of nitrogens with one attached hydrogen (secondary N) is 1. The molecule has 0 spiro atoms. The van der Waals surface area contributed by atoms with E-state index >= 15 is 0 Å². The van der Waals surface area contributed by atoms with Crippen molar-refractivity contribution in [2.75, 3.05) is 0 Å². The molecule has 0 aliphatic rings. The van der Waals surface area contributed by atoms with E-state index in [0.29, 0.717) is 6.29 Å². The Hall–Kier alpha value is -2.44. The van der Waals surface area contributed by atoms with Gasteiger partial charge < -0.3 is 10.1 Å². The van der Waals surface area contributed by atoms with Crippen molar-refractivity contribution in [1.29, 1.82) is 0 Å². The maximum atomic E-state index is 11.9. The number of nitrogens with zero attached hydrogens (tertiary/aromatic N) is 1. The molecule has 0 aromatic heterocycles. The topological polar surface area (TPSA) is 98.5 Å². The van der Waals surface area contributed by atoms with Crippen LogP contribution in [0.2, 0.25) is 0 Å². The lowest BCUT2D eigenvalue weighted by molar-refractivity contribution is -0.384. The van der Waals surface area contributed by atoms with Crippen LogP contribution in [0.1, 0.15) is 37.6 Å². The largest absolute Gasteiger partial charge is 0.480 e. The molecule has 0 radical (unpaired) electrons. The van der Waals surface area contributed by atoms with Crippen molar-refractivity contribution in [3.8, 4) is 5.75 Å². The van der Waals surface area contributed by atoms with Gasteiger partial charge in [-0.2, -0.15) is 0 Å². The van der Waals surface area contributed by atoms with Gasteiger partial charge in [0.15, 0.2) is 12.4 Å². The summed E-state index contributed by atoms with van der Waals surface area (Å²) >= 11 is 0. The molecular formula is C14H18N2O5. The lowest BCUT2D eigenvalue weighted by Gasteiger charge is -2.18. The van der Waals surface area contributed by atoms with Crippen LogP contribution in [0.3, 0.4) is 0 Å². The number of hydrogen-bond donors (Lipinski definition) is 1. The highest BCUT2D eigenvalue weighted by atomic mass is 16.6. The summed E-state index contributed by atoms with van der Waals surface area (Å²) in [5.74, 6) is -0.165. The molecule has 7 heteroatoms. The Balaban J connectivity index is 2.84. The zero-order valence-electron chi connectivity index (χ0n) is 12.2. The molecule has 1 aromatic carbocycles. The number of rotatable bonds is 7. The maximum absolute atomic E-state index is 11.9. The first kappa shape index (κ1) is 16.6. The second-order valence-electron chi connectivity index (χ2n) is 4.68. The average Bonchev–Trinajstić information content (AvgIpc) is 2.46. The van der Waals surface area contributed by atoms with Crippen LogP contribution in [-0.2, 0) is 4.79 Å². The second-order valence-corrected chi connectivity index (χ2v) is 4.68. The molecule has 1 aromatic rings. The summed E-state index contributed by atoms with van der Waals surface area (Å²) in [4.78, 5) is 32.9. The van der Waals surface area contributed by atoms with Crippen LogP contribution >= 0.6 is 0 Å². The Morgan fingerprint density at radius 2 is 2.14 bits per heavy atom. The molecule has 0 bridgehead atoms. The van der Waals surface area contributed by atoms with Crippen LogP contribution in [0.25, 0.3) is 0 Å². The van der Waals surface area contributed by atoms with E-state index < -0.39 is 11.0 Å². The van der Waals surface area contributed by atoms with Gasteiger partial charge in [-0.05, 0) is 26.3 Å². The van der Waals surface area contributed by atoms with Crippen LogP contribution in [0.4, 0.5) is 5.69 Å². The summed E-state index contributed by atoms with van der Waals surface area (Å²) in [5.41, 5.74) is -0.173. The van der Waals surface area contributed by atoms with E-state index in [0.717, 1.165) is 12.5 Å². The maximum Gasteiger partial charge on any atom is 0.270 e. The number of ether oxygens (including phenoxy) is 1. The smallest absolute Gasteiger partial charge is 0.270 e. The fourth-order valence-electron chi connectivity index (χ4n) is 1.56. The molecule has 1 rings (SSSR count). The zero-order chi connectivity index (χ0) is 16.0. The Labute approximate surface area is 122 Å². The highest BCUT2D eigenvalue weighted by Gasteiger charge is 2.19. The Kier molecular flexibility index (Phi) is 5.83. The summed E-state index contributed by atoms with van der Waals surface area (Å²) in [6, 6.07) is 3.67. The van der Waals surface area contributed by atoms with E-state index in [9.17, 15) is 19.7 Å². The quantitative estimate of drug-likeness (QED) is 0.471. The predicted octanol–water partition coefficient (Wildman–Crippen LogP) is 2.09. The van der Waals surface area contributed by atoms with Crippen LogP contribution in [0.5, 0.6) is 5.75 Å². The number of carbonyl (C=O) groups is 2. The van der Waals surface area contributed by atoms with Gasteiger partial charge in [-0.25, -0.2) is 0 Å². The molecule has 1 amide bonds. The highest BCUT2D eigenvalue weighted by molar-refractivity contribution is 5.83. The first-order valence-corrected chi connectivity index (χ1v) is 6.59. The first-order valence-electron chi connectivity index (χ1n) is 6.59. The van der Waals surface area contributed by atoms with Gasteiger partial charge in [-0.3, -0.25) is 19.7 Å². The van der Waals surface area contributed by atoms with Crippen molar-refractivity contribution in [1.82, 2.24) is 5.32 Å². The van der Waals surface area contributed by atoms with Crippen LogP contribution in [0.15, 0.2) is 18.2 Å². The lowest BCUT2D eigenvalue weighted by atomic mass is 10.2. The first-order chi connectivity index (χ1) is 9.88. The monoisotopic (exact) mass is 294 g/mol. The van der Waals surface area contributed by atoms with E-state index in [4.69, 9.17) is 4.74 Å². The van der Waals surface area contributed by atoms with Gasteiger partial charge in [0.2, 0.25) is 0 Å². The minimum absolute atomic E-state index is 0.0194. The van der Waals surface area contributed by atoms with Crippen molar-refractivity contribution in [3.05, 3.63) is 33.9 Å². The van der Waals surface area contributed by atoms with E-state index in [1.165, 1.54) is 12.1 Å². The van der Waals surface area contributed by atoms with Crippen molar-refractivity contribution >= 4 is 17.9 Å². The Morgan fingerprint density at radius 1 is 1.48 bits per heavy atom. The third kappa shape index (κ3) is 4.55. The van der Waals surface area contributed by atoms with Gasteiger partial charge in [-0.1, -0.05) is 6.92 Å². The third-order valence-electron chi connectivity index (χ3n) is 3.01. The predicted molar refractivity (Wildman–Crippen MR) is 76.5 cm³/mol. The summed E-state index contributed by atoms with van der Waals surface area (Å²) in [7, 11) is 0. The summed E-state index contributed by atoms with van der Waals surface area (Å²) in [6.07, 6.45) is 0.441. The number of nitro groups is 1. The van der Waals surface area contributed by atoms with Gasteiger partial charge in [0.05, 0.1) is 10.5 Å². The van der Waals surface area contributed by atoms with Crippen LogP contribution in [0, 0.1) is 10.1 Å². The number of nitro benzene ring substituents is 1. The molecule has 2 unspecified atom stereocenters. The standard InChI is InChI=1S/C14H18N2O5/c1-4-9(2)15-14(18)10(3)21-13-6-5-12(16(19)20)7-11(13)8-17/h5-10H,4H2,1-3H3,(H,15,18). The highest BCUT2D eigenvalue weighted by Crippen LogP contribution is 2.23. The number of hydrogen-bond acceptors (Lipinski definition) is 5. The van der Waals surface area contributed by atoms with Gasteiger partial charge in [0.1, 0.15) is 5.75 Å². The molecule has 0 heterocycles. The Bertz CT molecular complexity index is 544.